The highest BCUT2D eigenvalue weighted by Crippen LogP contribution is 2.36. The van der Waals surface area contributed by atoms with Gasteiger partial charge in [0, 0.05) is 29.1 Å². The standard InChI is InChI=1S/C28H26ClF3N2O6S/c1-15-10-21-23(33-15)8-6-19(11-18-5-4-17(12-24(18)39-3)16(2)27(35)36)26(21)34-41(37,38)25-9-7-20(13-22(25)29)40-14-28(30,31)32/h4-10,12-13,16,33-34H,11,14H2,1-3H3,(H,35,36). The maximum atomic E-state index is 13.5. The van der Waals surface area contributed by atoms with E-state index in [1.54, 1.807) is 37.3 Å². The second kappa shape index (κ2) is 11.5. The molecule has 4 rings (SSSR count). The molecular formula is C28H26ClF3N2O6S. The Hall–Kier alpha value is -3.90. The third-order valence-electron chi connectivity index (χ3n) is 6.42. The molecule has 0 radical (unpaired) electrons. The van der Waals surface area contributed by atoms with Crippen LogP contribution in [-0.2, 0) is 21.2 Å². The first-order valence-corrected chi connectivity index (χ1v) is 14.1. The summed E-state index contributed by atoms with van der Waals surface area (Å²) in [6.07, 6.45) is -4.35. The molecule has 3 N–H and O–H groups in total. The summed E-state index contributed by atoms with van der Waals surface area (Å²) in [5.74, 6) is -1.53. The van der Waals surface area contributed by atoms with E-state index in [4.69, 9.17) is 16.3 Å². The van der Waals surface area contributed by atoms with Crippen molar-refractivity contribution in [3.8, 4) is 11.5 Å². The van der Waals surface area contributed by atoms with Crippen molar-refractivity contribution < 1.29 is 41.0 Å². The number of H-pyrrole nitrogens is 1. The minimum absolute atomic E-state index is 0.223. The minimum Gasteiger partial charge on any atom is -0.496 e. The first-order valence-electron chi connectivity index (χ1n) is 12.2. The van der Waals surface area contributed by atoms with Gasteiger partial charge in [0.15, 0.2) is 6.61 Å². The van der Waals surface area contributed by atoms with E-state index >= 15 is 0 Å². The molecule has 8 nitrogen and oxygen atoms in total. The predicted molar refractivity (Wildman–Crippen MR) is 149 cm³/mol. The lowest BCUT2D eigenvalue weighted by Crippen LogP contribution is -2.19. The van der Waals surface area contributed by atoms with Crippen LogP contribution in [-0.4, -0.2) is 44.4 Å². The van der Waals surface area contributed by atoms with Crippen molar-refractivity contribution in [3.63, 3.8) is 0 Å². The summed E-state index contributed by atoms with van der Waals surface area (Å²) in [6, 6.07) is 13.6. The van der Waals surface area contributed by atoms with Crippen molar-refractivity contribution in [3.05, 3.63) is 82.0 Å². The number of fused-ring (bicyclic) bond motifs is 1. The van der Waals surface area contributed by atoms with Crippen LogP contribution < -0.4 is 14.2 Å². The first-order chi connectivity index (χ1) is 19.2. The van der Waals surface area contributed by atoms with Crippen molar-refractivity contribution in [2.24, 2.45) is 0 Å². The molecule has 1 unspecified atom stereocenters. The van der Waals surface area contributed by atoms with Crippen LogP contribution in [0.25, 0.3) is 10.9 Å². The van der Waals surface area contributed by atoms with Crippen LogP contribution in [0.5, 0.6) is 11.5 Å². The number of nitrogens with one attached hydrogen (secondary N) is 2. The molecule has 0 bridgehead atoms. The number of carboxylic acids is 1. The Morgan fingerprint density at radius 3 is 2.44 bits per heavy atom. The van der Waals surface area contributed by atoms with Crippen LogP contribution in [0.3, 0.4) is 0 Å². The van der Waals surface area contributed by atoms with E-state index in [2.05, 4.69) is 14.4 Å². The van der Waals surface area contributed by atoms with Crippen LogP contribution in [0.2, 0.25) is 5.02 Å². The van der Waals surface area contributed by atoms with E-state index in [0.717, 1.165) is 23.9 Å². The molecule has 13 heteroatoms. The summed E-state index contributed by atoms with van der Waals surface area (Å²) in [5, 5.41) is 9.63. The number of carboxylic acid groups (broad SMARTS) is 1. The lowest BCUT2D eigenvalue weighted by molar-refractivity contribution is -0.153. The fourth-order valence-electron chi connectivity index (χ4n) is 4.32. The number of carbonyl (C=O) groups is 1. The monoisotopic (exact) mass is 610 g/mol. The quantitative estimate of drug-likeness (QED) is 0.185. The molecule has 0 saturated carbocycles. The number of halogens is 4. The van der Waals surface area contributed by atoms with Gasteiger partial charge in [0.25, 0.3) is 10.0 Å². The minimum atomic E-state index is -4.57. The number of aromatic nitrogens is 1. The average molecular weight is 611 g/mol. The molecular weight excluding hydrogens is 585 g/mol. The van der Waals surface area contributed by atoms with Gasteiger partial charge in [-0.15, -0.1) is 0 Å². The van der Waals surface area contributed by atoms with Gasteiger partial charge in [-0.25, -0.2) is 8.42 Å². The summed E-state index contributed by atoms with van der Waals surface area (Å²) < 4.78 is 77.3. The van der Waals surface area contributed by atoms with Crippen LogP contribution in [0.4, 0.5) is 18.9 Å². The molecule has 0 aliphatic rings. The van der Waals surface area contributed by atoms with Gasteiger partial charge < -0.3 is 19.6 Å². The van der Waals surface area contributed by atoms with E-state index in [-0.39, 0.29) is 27.8 Å². The van der Waals surface area contributed by atoms with Crippen molar-refractivity contribution in [2.75, 3.05) is 18.4 Å². The molecule has 1 aromatic heterocycles. The van der Waals surface area contributed by atoms with E-state index in [9.17, 15) is 31.5 Å². The van der Waals surface area contributed by atoms with Crippen LogP contribution in [0.1, 0.15) is 35.2 Å². The number of aliphatic carboxylic acids is 1. The Balaban J connectivity index is 1.72. The van der Waals surface area contributed by atoms with Gasteiger partial charge in [-0.2, -0.15) is 13.2 Å². The molecule has 4 aromatic rings. The predicted octanol–water partition coefficient (Wildman–Crippen LogP) is 6.66. The summed E-state index contributed by atoms with van der Waals surface area (Å²) in [5.41, 5.74) is 3.54. The second-order valence-electron chi connectivity index (χ2n) is 9.42. The van der Waals surface area contributed by atoms with E-state index in [1.165, 1.54) is 7.11 Å². The summed E-state index contributed by atoms with van der Waals surface area (Å²) >= 11 is 6.18. The summed E-state index contributed by atoms with van der Waals surface area (Å²) in [4.78, 5) is 14.3. The molecule has 218 valence electrons. The van der Waals surface area contributed by atoms with Crippen LogP contribution in [0.15, 0.2) is 59.5 Å². The summed E-state index contributed by atoms with van der Waals surface area (Å²) in [7, 11) is -2.86. The zero-order valence-electron chi connectivity index (χ0n) is 22.1. The number of sulfonamides is 1. The van der Waals surface area contributed by atoms with Crippen molar-refractivity contribution in [1.82, 2.24) is 4.98 Å². The number of methoxy groups -OCH3 is 1. The number of ether oxygens (including phenoxy) is 2. The molecule has 0 aliphatic carbocycles. The normalized spacial score (nSPS) is 12.8. The number of aryl methyl sites for hydroxylation is 1. The molecule has 0 saturated heterocycles. The van der Waals surface area contributed by atoms with Gasteiger partial charge in [-0.05, 0) is 60.9 Å². The van der Waals surface area contributed by atoms with Crippen molar-refractivity contribution in [2.45, 2.75) is 37.3 Å². The molecule has 0 spiro atoms. The van der Waals surface area contributed by atoms with Crippen LogP contribution in [0, 0.1) is 6.92 Å². The van der Waals surface area contributed by atoms with Crippen molar-refractivity contribution in [1.29, 1.82) is 0 Å². The number of anilines is 1. The maximum Gasteiger partial charge on any atom is 0.422 e. The van der Waals surface area contributed by atoms with Gasteiger partial charge in [-0.3, -0.25) is 9.52 Å². The zero-order chi connectivity index (χ0) is 30.1. The highest BCUT2D eigenvalue weighted by Gasteiger charge is 2.29. The van der Waals surface area contributed by atoms with E-state index in [1.807, 2.05) is 13.0 Å². The topological polar surface area (TPSA) is 118 Å². The fourth-order valence-corrected chi connectivity index (χ4v) is 5.98. The number of aromatic amines is 1. The van der Waals surface area contributed by atoms with Crippen molar-refractivity contribution >= 4 is 44.2 Å². The largest absolute Gasteiger partial charge is 0.496 e. The SMILES string of the molecule is COc1cc(C(C)C(=O)O)ccc1Cc1ccc2[nH]c(C)cc2c1NS(=O)(=O)c1ccc(OCC(F)(F)F)cc1Cl. The lowest BCUT2D eigenvalue weighted by Gasteiger charge is -2.17. The molecule has 0 amide bonds. The third-order valence-corrected chi connectivity index (χ3v) is 8.25. The van der Waals surface area contributed by atoms with Crippen LogP contribution >= 0.6 is 11.6 Å². The first kappa shape index (κ1) is 30.1. The van der Waals surface area contributed by atoms with Gasteiger partial charge in [0.2, 0.25) is 0 Å². The Morgan fingerprint density at radius 2 is 1.80 bits per heavy atom. The fraction of sp³-hybridized carbons (Fsp3) is 0.250. The molecule has 41 heavy (non-hydrogen) atoms. The number of hydrogen-bond acceptors (Lipinski definition) is 5. The van der Waals surface area contributed by atoms with E-state index in [0.29, 0.717) is 33.3 Å². The number of rotatable bonds is 10. The molecule has 0 aliphatic heterocycles. The Bertz CT molecular complexity index is 1720. The maximum absolute atomic E-state index is 13.5. The number of hydrogen-bond donors (Lipinski definition) is 3. The summed E-state index contributed by atoms with van der Waals surface area (Å²) in [6.45, 7) is 1.83. The van der Waals surface area contributed by atoms with E-state index < -0.39 is 34.7 Å². The van der Waals surface area contributed by atoms with Gasteiger partial charge in [-0.1, -0.05) is 29.8 Å². The zero-order valence-corrected chi connectivity index (χ0v) is 23.7. The molecule has 0 fully saturated rings. The second-order valence-corrected chi connectivity index (χ2v) is 11.5. The van der Waals surface area contributed by atoms with Gasteiger partial charge in [0.1, 0.15) is 16.4 Å². The Kier molecular flexibility index (Phi) is 8.46. The Morgan fingerprint density at radius 1 is 1.10 bits per heavy atom. The average Bonchev–Trinajstić information content (AvgIpc) is 3.28. The van der Waals surface area contributed by atoms with Gasteiger partial charge in [0.05, 0.1) is 23.7 Å². The smallest absolute Gasteiger partial charge is 0.422 e. The third kappa shape index (κ3) is 6.88. The molecule has 1 atom stereocenters. The molecule has 3 aromatic carbocycles. The highest BCUT2D eigenvalue weighted by atomic mass is 35.5. The highest BCUT2D eigenvalue weighted by molar-refractivity contribution is 7.92. The Labute approximate surface area is 239 Å². The lowest BCUT2D eigenvalue weighted by atomic mass is 9.95. The van der Waals surface area contributed by atoms with Gasteiger partial charge >= 0.3 is 12.1 Å². The number of alkyl halides is 3. The molecule has 1 heterocycles. The number of benzene rings is 3.